The molecule has 2 N–H and O–H groups in total. The Kier molecular flexibility index (Phi) is 6.50. The van der Waals surface area contributed by atoms with Crippen LogP contribution in [0.2, 0.25) is 5.02 Å². The Morgan fingerprint density at radius 2 is 2.00 bits per heavy atom. The molecule has 1 fully saturated rings. The summed E-state index contributed by atoms with van der Waals surface area (Å²) in [5.41, 5.74) is 1.01. The fourth-order valence-corrected chi connectivity index (χ4v) is 3.12. The summed E-state index contributed by atoms with van der Waals surface area (Å²) in [6.07, 6.45) is -7.26. The molecule has 0 bridgehead atoms. The molecule has 0 unspecified atom stereocenters. The third-order valence-electron chi connectivity index (χ3n) is 4.46. The van der Waals surface area contributed by atoms with Crippen molar-refractivity contribution >= 4 is 70.4 Å². The van der Waals surface area contributed by atoms with Crippen LogP contribution in [0.25, 0.3) is 10.9 Å². The minimum absolute atomic E-state index is 0. The standard InChI is InChI=1S/C24H25ClFN5O2.2ClH/c1-33-22-14-20-17(24(28-15-27-20)29-16-7-8-19(26)18(25)12-16)13-21(22)30-23(32)6-5-11-31-9-3-2-4-10-31;;/h5-8,12-15H,2-4,9-11H2,1H3,(H,30,32)(H,27,28,29);2*1H/b6-5+;;/i2D2,3D2,4D2,9D2,10D2;;. The third kappa shape index (κ3) is 7.41. The van der Waals surface area contributed by atoms with Crippen molar-refractivity contribution in [2.45, 2.75) is 19.1 Å². The number of amides is 1. The van der Waals surface area contributed by atoms with Gasteiger partial charge < -0.3 is 15.4 Å². The van der Waals surface area contributed by atoms with Gasteiger partial charge in [-0.25, -0.2) is 14.4 Å². The summed E-state index contributed by atoms with van der Waals surface area (Å²) in [4.78, 5) is 21.4. The van der Waals surface area contributed by atoms with Crippen molar-refractivity contribution in [2.24, 2.45) is 0 Å². The molecule has 1 saturated heterocycles. The quantitative estimate of drug-likeness (QED) is 0.350. The smallest absolute Gasteiger partial charge is 0.248 e. The number of nitrogens with one attached hydrogen (secondary N) is 2. The van der Waals surface area contributed by atoms with E-state index >= 15 is 0 Å². The van der Waals surface area contributed by atoms with Crippen molar-refractivity contribution in [3.63, 3.8) is 0 Å². The van der Waals surface area contributed by atoms with E-state index in [1.54, 1.807) is 0 Å². The van der Waals surface area contributed by atoms with Crippen molar-refractivity contribution < 1.29 is 27.6 Å². The second kappa shape index (κ2) is 13.4. The number of carbonyl (C=O) groups excluding carboxylic acids is 1. The van der Waals surface area contributed by atoms with Gasteiger partial charge in [-0.3, -0.25) is 9.69 Å². The number of benzene rings is 2. The third-order valence-corrected chi connectivity index (χ3v) is 4.75. The first kappa shape index (κ1) is 16.9. The lowest BCUT2D eigenvalue weighted by Crippen LogP contribution is -2.29. The van der Waals surface area contributed by atoms with Crippen molar-refractivity contribution in [3.8, 4) is 5.75 Å². The number of likely N-dealkylation sites (tertiary alicyclic amines) is 1. The molecule has 1 aliphatic heterocycles. The van der Waals surface area contributed by atoms with Gasteiger partial charge in [-0.15, -0.1) is 24.8 Å². The second-order valence-electron chi connectivity index (χ2n) is 6.65. The molecule has 4 rings (SSSR count). The van der Waals surface area contributed by atoms with Gasteiger partial charge in [0.15, 0.2) is 0 Å². The van der Waals surface area contributed by atoms with Crippen LogP contribution < -0.4 is 15.4 Å². The topological polar surface area (TPSA) is 79.4 Å². The monoisotopic (exact) mass is 551 g/mol. The van der Waals surface area contributed by atoms with Gasteiger partial charge in [-0.1, -0.05) is 24.0 Å². The van der Waals surface area contributed by atoms with Gasteiger partial charge in [0.25, 0.3) is 0 Å². The highest BCUT2D eigenvalue weighted by molar-refractivity contribution is 6.31. The lowest BCUT2D eigenvalue weighted by molar-refractivity contribution is -0.111. The molecule has 35 heavy (non-hydrogen) atoms. The predicted molar refractivity (Wildman–Crippen MR) is 143 cm³/mol. The largest absolute Gasteiger partial charge is 0.494 e. The van der Waals surface area contributed by atoms with Crippen LogP contribution >= 0.6 is 36.4 Å². The van der Waals surface area contributed by atoms with Gasteiger partial charge >= 0.3 is 0 Å². The van der Waals surface area contributed by atoms with E-state index < -0.39 is 50.4 Å². The van der Waals surface area contributed by atoms with Crippen LogP contribution in [0.1, 0.15) is 32.8 Å². The summed E-state index contributed by atoms with van der Waals surface area (Å²) in [6.45, 7) is -7.38. The van der Waals surface area contributed by atoms with Gasteiger partial charge in [0.05, 0.1) is 23.3 Å². The maximum Gasteiger partial charge on any atom is 0.248 e. The molecule has 2 aromatic carbocycles. The summed E-state index contributed by atoms with van der Waals surface area (Å²) in [5, 5.41) is 5.89. The van der Waals surface area contributed by atoms with E-state index in [9.17, 15) is 9.18 Å². The molecule has 0 spiro atoms. The van der Waals surface area contributed by atoms with Gasteiger partial charge in [0.1, 0.15) is 23.7 Å². The lowest BCUT2D eigenvalue weighted by atomic mass is 10.1. The maximum absolute atomic E-state index is 13.6. The van der Waals surface area contributed by atoms with Crippen LogP contribution in [-0.2, 0) is 4.79 Å². The fraction of sp³-hybridized carbons (Fsp3) is 0.292. The Morgan fingerprint density at radius 3 is 2.71 bits per heavy atom. The molecular formula is C24H27Cl3FN5O2. The summed E-state index contributed by atoms with van der Waals surface area (Å²) < 4.78 is 99.3. The summed E-state index contributed by atoms with van der Waals surface area (Å²) in [6, 6.07) is 7.01. The van der Waals surface area contributed by atoms with Crippen LogP contribution in [-0.4, -0.2) is 47.4 Å². The number of anilines is 3. The second-order valence-corrected chi connectivity index (χ2v) is 7.05. The average Bonchev–Trinajstić information content (AvgIpc) is 2.91. The Morgan fingerprint density at radius 1 is 1.23 bits per heavy atom. The van der Waals surface area contributed by atoms with Gasteiger partial charge in [-0.05, 0) is 50.0 Å². The number of hydrogen-bond donors (Lipinski definition) is 2. The highest BCUT2D eigenvalue weighted by Crippen LogP contribution is 2.33. The predicted octanol–water partition coefficient (Wildman–Crippen LogP) is 6.00. The van der Waals surface area contributed by atoms with Crippen LogP contribution in [0, 0.1) is 5.82 Å². The lowest BCUT2D eigenvalue weighted by Gasteiger charge is -2.24. The number of hydrogen-bond acceptors (Lipinski definition) is 6. The number of fused-ring (bicyclic) bond motifs is 1. The first-order chi connectivity index (χ1) is 19.8. The Bertz CT molecular complexity index is 1590. The van der Waals surface area contributed by atoms with Crippen molar-refractivity contribution in [3.05, 3.63) is 59.7 Å². The molecule has 2 heterocycles. The van der Waals surface area contributed by atoms with Crippen LogP contribution in [0.3, 0.4) is 0 Å². The molecule has 3 aromatic rings. The molecule has 1 aliphatic rings. The molecular weight excluding hydrogens is 516 g/mol. The van der Waals surface area contributed by atoms with Gasteiger partial charge in [0, 0.05) is 43.5 Å². The minimum atomic E-state index is -3.53. The fourth-order valence-electron chi connectivity index (χ4n) is 2.94. The zero-order chi connectivity index (χ0) is 32.2. The Balaban J connectivity index is 0.00000353. The molecule has 7 nitrogen and oxygen atoms in total. The van der Waals surface area contributed by atoms with Crippen molar-refractivity contribution in [1.82, 2.24) is 14.9 Å². The molecule has 11 heteroatoms. The minimum Gasteiger partial charge on any atom is -0.494 e. The number of aromatic nitrogens is 2. The summed E-state index contributed by atoms with van der Waals surface area (Å²) in [5.74, 6) is -0.891. The zero-order valence-electron chi connectivity index (χ0n) is 28.1. The van der Waals surface area contributed by atoms with Crippen molar-refractivity contribution in [1.29, 1.82) is 0 Å². The number of ether oxygens (including phenoxy) is 1. The number of nitrogens with zero attached hydrogens (tertiary/aromatic N) is 3. The summed E-state index contributed by atoms with van der Waals surface area (Å²) in [7, 11) is 1.36. The molecule has 1 amide bonds. The zero-order valence-corrected chi connectivity index (χ0v) is 20.4. The molecule has 0 aliphatic carbocycles. The van der Waals surface area contributed by atoms with E-state index in [2.05, 4.69) is 20.6 Å². The van der Waals surface area contributed by atoms with Crippen LogP contribution in [0.5, 0.6) is 5.75 Å². The number of carbonyl (C=O) groups is 1. The van der Waals surface area contributed by atoms with Crippen LogP contribution in [0.15, 0.2) is 48.8 Å². The van der Waals surface area contributed by atoms with E-state index in [0.717, 1.165) is 12.2 Å². The van der Waals surface area contributed by atoms with E-state index in [4.69, 9.17) is 30.0 Å². The molecule has 188 valence electrons. The highest BCUT2D eigenvalue weighted by atomic mass is 35.5. The van der Waals surface area contributed by atoms with Gasteiger partial charge in [-0.2, -0.15) is 0 Å². The molecule has 0 radical (unpaired) electrons. The molecule has 0 saturated carbocycles. The first-order valence-corrected chi connectivity index (χ1v) is 9.97. The van der Waals surface area contributed by atoms with Crippen LogP contribution in [0.4, 0.5) is 21.6 Å². The van der Waals surface area contributed by atoms with E-state index in [1.807, 2.05) is 0 Å². The van der Waals surface area contributed by atoms with Crippen molar-refractivity contribution in [2.75, 3.05) is 37.3 Å². The first-order valence-electron chi connectivity index (χ1n) is 14.6. The number of piperidine rings is 1. The van der Waals surface area contributed by atoms with E-state index in [0.29, 0.717) is 22.4 Å². The Hall–Kier alpha value is -2.65. The number of rotatable bonds is 7. The number of halogens is 4. The maximum atomic E-state index is 13.6. The number of methoxy groups -OCH3 is 1. The molecule has 0 atom stereocenters. The van der Waals surface area contributed by atoms with Gasteiger partial charge in [0.2, 0.25) is 5.91 Å². The Labute approximate surface area is 235 Å². The molecule has 1 aromatic heterocycles. The summed E-state index contributed by atoms with van der Waals surface area (Å²) >= 11 is 5.87. The van der Waals surface area contributed by atoms with E-state index in [1.165, 1.54) is 43.8 Å². The van der Waals surface area contributed by atoms with E-state index in [-0.39, 0.29) is 46.2 Å². The SMILES string of the molecule is Cl.Cl.[2H]C1([2H])N(C/C=C/C(=O)Nc2cc3c(Nc4ccc(F)c(Cl)c4)ncnc3cc2OC)C([2H])([2H])C([2H])([2H])C([2H])([2H])C1([2H])[2H]. The average molecular weight is 553 g/mol. The normalized spacial score (nSPS) is 25.1. The highest BCUT2D eigenvalue weighted by Gasteiger charge is 2.13.